The molecule has 10 heteroatoms. The molecule has 0 aliphatic heterocycles. The Labute approximate surface area is 194 Å². The summed E-state index contributed by atoms with van der Waals surface area (Å²) in [6.07, 6.45) is 2.71. The van der Waals surface area contributed by atoms with Gasteiger partial charge in [-0.1, -0.05) is 23.7 Å². The maximum absolute atomic E-state index is 14.6. The highest BCUT2D eigenvalue weighted by Gasteiger charge is 2.17. The highest BCUT2D eigenvalue weighted by atomic mass is 35.5. The SMILES string of the molecule is CN(c1cc(F)cc(-c2ccc(S(C)(=O)=O)cc2)c1)c1nc2nncn2c2cc(Cl)ccc12. The van der Waals surface area contributed by atoms with E-state index in [4.69, 9.17) is 11.6 Å². The van der Waals surface area contributed by atoms with Gasteiger partial charge in [0.2, 0.25) is 0 Å². The quantitative estimate of drug-likeness (QED) is 0.363. The zero-order chi connectivity index (χ0) is 23.3. The van der Waals surface area contributed by atoms with Crippen LogP contribution in [0.5, 0.6) is 0 Å². The number of rotatable bonds is 4. The largest absolute Gasteiger partial charge is 0.329 e. The van der Waals surface area contributed by atoms with Crippen LogP contribution in [0.2, 0.25) is 5.02 Å². The molecule has 0 saturated heterocycles. The van der Waals surface area contributed by atoms with E-state index < -0.39 is 15.7 Å². The summed E-state index contributed by atoms with van der Waals surface area (Å²) >= 11 is 6.21. The van der Waals surface area contributed by atoms with Gasteiger partial charge in [0, 0.05) is 29.4 Å². The van der Waals surface area contributed by atoms with Crippen molar-refractivity contribution in [1.29, 1.82) is 0 Å². The Morgan fingerprint density at radius 3 is 2.48 bits per heavy atom. The maximum Gasteiger partial charge on any atom is 0.257 e. The summed E-state index contributed by atoms with van der Waals surface area (Å²) in [6, 6.07) is 16.4. The molecule has 0 aliphatic carbocycles. The van der Waals surface area contributed by atoms with E-state index in [9.17, 15) is 12.8 Å². The van der Waals surface area contributed by atoms with Gasteiger partial charge in [0.1, 0.15) is 18.0 Å². The molecule has 2 aromatic heterocycles. The second kappa shape index (κ2) is 7.79. The van der Waals surface area contributed by atoms with Crippen LogP contribution in [0.3, 0.4) is 0 Å². The van der Waals surface area contributed by atoms with Gasteiger partial charge < -0.3 is 4.90 Å². The van der Waals surface area contributed by atoms with E-state index in [-0.39, 0.29) is 4.90 Å². The second-order valence-corrected chi connectivity index (χ2v) is 10.1. The molecule has 0 unspecified atom stereocenters. The first kappa shape index (κ1) is 21.3. The number of hydrogen-bond donors (Lipinski definition) is 0. The van der Waals surface area contributed by atoms with Crippen molar-refractivity contribution >= 4 is 49.6 Å². The van der Waals surface area contributed by atoms with Crippen molar-refractivity contribution < 1.29 is 12.8 Å². The summed E-state index contributed by atoms with van der Waals surface area (Å²) in [6.45, 7) is 0. The Balaban J connectivity index is 1.63. The second-order valence-electron chi connectivity index (χ2n) is 7.65. The standard InChI is InChI=1S/C23H17ClFN5O2S/c1-29(22-20-8-5-16(24)11-21(20)30-13-26-28-23(30)27-22)18-10-15(9-17(25)12-18)14-3-6-19(7-4-14)33(2,31)32/h3-13H,1-2H3. The molecule has 0 radical (unpaired) electrons. The minimum absolute atomic E-state index is 0.205. The molecule has 166 valence electrons. The lowest BCUT2D eigenvalue weighted by Gasteiger charge is -2.21. The van der Waals surface area contributed by atoms with Crippen molar-refractivity contribution in [3.8, 4) is 11.1 Å². The van der Waals surface area contributed by atoms with Crippen molar-refractivity contribution in [2.24, 2.45) is 0 Å². The fourth-order valence-corrected chi connectivity index (χ4v) is 4.53. The number of sulfone groups is 1. The Bertz CT molecular complexity index is 1630. The van der Waals surface area contributed by atoms with Crippen molar-refractivity contribution in [2.45, 2.75) is 4.90 Å². The number of halogens is 2. The number of fused-ring (bicyclic) bond motifs is 3. The Morgan fingerprint density at radius 1 is 1.00 bits per heavy atom. The van der Waals surface area contributed by atoms with Gasteiger partial charge in [-0.3, -0.25) is 4.40 Å². The highest BCUT2D eigenvalue weighted by Crippen LogP contribution is 2.34. The Kier molecular flexibility index (Phi) is 5.02. The molecule has 7 nitrogen and oxygen atoms in total. The molecule has 5 rings (SSSR count). The van der Waals surface area contributed by atoms with E-state index in [2.05, 4.69) is 15.2 Å². The number of aromatic nitrogens is 4. The Hall–Kier alpha value is -3.56. The van der Waals surface area contributed by atoms with Crippen LogP contribution in [0, 0.1) is 5.82 Å². The molecule has 2 heterocycles. The first-order valence-electron chi connectivity index (χ1n) is 9.84. The minimum Gasteiger partial charge on any atom is -0.329 e. The van der Waals surface area contributed by atoms with Crippen LogP contribution < -0.4 is 4.90 Å². The zero-order valence-corrected chi connectivity index (χ0v) is 19.1. The third-order valence-electron chi connectivity index (χ3n) is 5.40. The molecule has 0 aliphatic rings. The van der Waals surface area contributed by atoms with Gasteiger partial charge in [-0.25, -0.2) is 12.8 Å². The Morgan fingerprint density at radius 2 is 1.76 bits per heavy atom. The predicted octanol–water partition coefficient (Wildman–Crippen LogP) is 4.91. The average molecular weight is 482 g/mol. The number of hydrogen-bond acceptors (Lipinski definition) is 6. The van der Waals surface area contributed by atoms with E-state index in [1.165, 1.54) is 24.3 Å². The monoisotopic (exact) mass is 481 g/mol. The first-order chi connectivity index (χ1) is 15.7. The summed E-state index contributed by atoms with van der Waals surface area (Å²) < 4.78 is 39.9. The van der Waals surface area contributed by atoms with Crippen molar-refractivity contribution in [1.82, 2.24) is 19.6 Å². The fourth-order valence-electron chi connectivity index (χ4n) is 3.73. The lowest BCUT2D eigenvalue weighted by Crippen LogP contribution is -2.13. The van der Waals surface area contributed by atoms with Crippen molar-refractivity contribution in [3.63, 3.8) is 0 Å². The number of benzene rings is 3. The summed E-state index contributed by atoms with van der Waals surface area (Å²) in [5, 5.41) is 9.34. The van der Waals surface area contributed by atoms with E-state index in [0.29, 0.717) is 33.4 Å². The van der Waals surface area contributed by atoms with Gasteiger partial charge in [-0.15, -0.1) is 10.2 Å². The van der Waals surface area contributed by atoms with Gasteiger partial charge in [0.25, 0.3) is 5.78 Å². The molecule has 33 heavy (non-hydrogen) atoms. The maximum atomic E-state index is 14.6. The molecule has 0 fully saturated rings. The van der Waals surface area contributed by atoms with Crippen LogP contribution in [0.25, 0.3) is 27.8 Å². The number of nitrogens with zero attached hydrogens (tertiary/aromatic N) is 5. The smallest absolute Gasteiger partial charge is 0.257 e. The van der Waals surface area contributed by atoms with Crippen LogP contribution >= 0.6 is 11.6 Å². The molecule has 5 aromatic rings. The van der Waals surface area contributed by atoms with Gasteiger partial charge in [-0.05, 0) is 59.7 Å². The summed E-state index contributed by atoms with van der Waals surface area (Å²) in [4.78, 5) is 6.59. The van der Waals surface area contributed by atoms with E-state index in [0.717, 1.165) is 17.2 Å². The minimum atomic E-state index is -3.32. The summed E-state index contributed by atoms with van der Waals surface area (Å²) in [5.41, 5.74) is 2.62. The van der Waals surface area contributed by atoms with Crippen LogP contribution in [-0.4, -0.2) is 41.3 Å². The lowest BCUT2D eigenvalue weighted by molar-refractivity contribution is 0.602. The van der Waals surface area contributed by atoms with Crippen LogP contribution in [0.1, 0.15) is 0 Å². The number of anilines is 2. The summed E-state index contributed by atoms with van der Waals surface area (Å²) in [5.74, 6) is 0.517. The van der Waals surface area contributed by atoms with E-state index >= 15 is 0 Å². The van der Waals surface area contributed by atoms with E-state index in [1.807, 2.05) is 12.1 Å². The van der Waals surface area contributed by atoms with Crippen LogP contribution in [-0.2, 0) is 9.84 Å². The van der Waals surface area contributed by atoms with Gasteiger partial charge in [0.05, 0.1) is 10.4 Å². The van der Waals surface area contributed by atoms with Crippen molar-refractivity contribution in [2.75, 3.05) is 18.2 Å². The van der Waals surface area contributed by atoms with Gasteiger partial charge in [0.15, 0.2) is 9.84 Å². The van der Waals surface area contributed by atoms with Crippen LogP contribution in [0.15, 0.2) is 71.9 Å². The normalized spacial score (nSPS) is 11.9. The molecular weight excluding hydrogens is 465 g/mol. The molecule has 0 amide bonds. The van der Waals surface area contributed by atoms with Gasteiger partial charge >= 0.3 is 0 Å². The molecule has 0 atom stereocenters. The fraction of sp³-hybridized carbons (Fsp3) is 0.0870. The third-order valence-corrected chi connectivity index (χ3v) is 6.76. The highest BCUT2D eigenvalue weighted by molar-refractivity contribution is 7.90. The third kappa shape index (κ3) is 3.90. The molecular formula is C23H17ClFN5O2S. The zero-order valence-electron chi connectivity index (χ0n) is 17.6. The molecule has 0 spiro atoms. The summed E-state index contributed by atoms with van der Waals surface area (Å²) in [7, 11) is -1.53. The van der Waals surface area contributed by atoms with Crippen molar-refractivity contribution in [3.05, 3.63) is 77.8 Å². The molecule has 0 N–H and O–H groups in total. The lowest BCUT2D eigenvalue weighted by atomic mass is 10.0. The van der Waals surface area contributed by atoms with Crippen LogP contribution in [0.4, 0.5) is 15.9 Å². The predicted molar refractivity (Wildman–Crippen MR) is 126 cm³/mol. The van der Waals surface area contributed by atoms with E-state index in [1.54, 1.807) is 46.9 Å². The molecule has 0 saturated carbocycles. The van der Waals surface area contributed by atoms with Gasteiger partial charge in [-0.2, -0.15) is 4.98 Å². The molecule has 3 aromatic carbocycles. The molecule has 0 bridgehead atoms. The topological polar surface area (TPSA) is 80.5 Å². The average Bonchev–Trinajstić information content (AvgIpc) is 3.26. The first-order valence-corrected chi connectivity index (χ1v) is 12.1.